The lowest BCUT2D eigenvalue weighted by Gasteiger charge is -2.18. The first-order valence-corrected chi connectivity index (χ1v) is 4.42. The van der Waals surface area contributed by atoms with Crippen LogP contribution in [0.4, 0.5) is 0 Å². The highest BCUT2D eigenvalue weighted by Crippen LogP contribution is 2.47. The third kappa shape index (κ3) is 1.19. The SMILES string of the molecule is NC(=O)C1(C(=O)N2CCCO2)CC1. The lowest BCUT2D eigenvalue weighted by Crippen LogP contribution is -2.41. The summed E-state index contributed by atoms with van der Waals surface area (Å²) in [6.07, 6.45) is 1.97. The van der Waals surface area contributed by atoms with Gasteiger partial charge in [-0.05, 0) is 19.3 Å². The van der Waals surface area contributed by atoms with Crippen molar-refractivity contribution in [1.82, 2.24) is 5.06 Å². The summed E-state index contributed by atoms with van der Waals surface area (Å²) in [6, 6.07) is 0. The number of primary amides is 1. The minimum Gasteiger partial charge on any atom is -0.369 e. The van der Waals surface area contributed by atoms with Crippen molar-refractivity contribution < 1.29 is 14.4 Å². The predicted molar refractivity (Wildman–Crippen MR) is 43.1 cm³/mol. The van der Waals surface area contributed by atoms with Crippen molar-refractivity contribution in [3.63, 3.8) is 0 Å². The third-order valence-corrected chi connectivity index (χ3v) is 2.61. The van der Waals surface area contributed by atoms with Gasteiger partial charge in [0.1, 0.15) is 5.41 Å². The van der Waals surface area contributed by atoms with Crippen LogP contribution in [0.25, 0.3) is 0 Å². The molecule has 1 aliphatic heterocycles. The van der Waals surface area contributed by atoms with E-state index in [1.54, 1.807) is 0 Å². The molecule has 2 fully saturated rings. The van der Waals surface area contributed by atoms with Crippen LogP contribution in [0.2, 0.25) is 0 Å². The summed E-state index contributed by atoms with van der Waals surface area (Å²) in [5.74, 6) is -0.773. The normalized spacial score (nSPS) is 24.5. The summed E-state index contributed by atoms with van der Waals surface area (Å²) < 4.78 is 0. The zero-order chi connectivity index (χ0) is 9.47. The van der Waals surface area contributed by atoms with Crippen LogP contribution in [-0.4, -0.2) is 30.0 Å². The molecule has 0 bridgehead atoms. The second kappa shape index (κ2) is 2.70. The zero-order valence-corrected chi connectivity index (χ0v) is 7.28. The van der Waals surface area contributed by atoms with Crippen molar-refractivity contribution in [2.45, 2.75) is 19.3 Å². The fourth-order valence-corrected chi connectivity index (χ4v) is 1.54. The zero-order valence-electron chi connectivity index (χ0n) is 7.28. The van der Waals surface area contributed by atoms with Gasteiger partial charge < -0.3 is 5.73 Å². The maximum atomic E-state index is 11.7. The fraction of sp³-hybridized carbons (Fsp3) is 0.750. The number of hydrogen-bond acceptors (Lipinski definition) is 3. The molecule has 2 aliphatic rings. The van der Waals surface area contributed by atoms with Gasteiger partial charge in [0.2, 0.25) is 5.91 Å². The molecule has 2 rings (SSSR count). The van der Waals surface area contributed by atoms with Crippen molar-refractivity contribution in [3.05, 3.63) is 0 Å². The predicted octanol–water partition coefficient (Wildman–Crippen LogP) is -0.584. The molecule has 1 heterocycles. The first-order chi connectivity index (χ1) is 6.17. The Bertz CT molecular complexity index is 254. The second-order valence-corrected chi connectivity index (χ2v) is 3.54. The summed E-state index contributed by atoms with van der Waals surface area (Å²) in [7, 11) is 0. The summed E-state index contributed by atoms with van der Waals surface area (Å²) in [4.78, 5) is 27.7. The third-order valence-electron chi connectivity index (χ3n) is 2.61. The van der Waals surface area contributed by atoms with E-state index in [1.165, 1.54) is 5.06 Å². The molecule has 5 nitrogen and oxygen atoms in total. The van der Waals surface area contributed by atoms with E-state index < -0.39 is 11.3 Å². The van der Waals surface area contributed by atoms with Gasteiger partial charge in [0.25, 0.3) is 5.91 Å². The van der Waals surface area contributed by atoms with Crippen LogP contribution in [0.5, 0.6) is 0 Å². The van der Waals surface area contributed by atoms with E-state index in [1.807, 2.05) is 0 Å². The molecular weight excluding hydrogens is 172 g/mol. The van der Waals surface area contributed by atoms with Gasteiger partial charge in [-0.1, -0.05) is 0 Å². The number of nitrogens with zero attached hydrogens (tertiary/aromatic N) is 1. The maximum absolute atomic E-state index is 11.7. The summed E-state index contributed by atoms with van der Waals surface area (Å²) in [5, 5.41) is 1.28. The van der Waals surface area contributed by atoms with Gasteiger partial charge in [-0.15, -0.1) is 0 Å². The lowest BCUT2D eigenvalue weighted by atomic mass is 10.1. The number of carbonyl (C=O) groups excluding carboxylic acids is 2. The molecule has 2 N–H and O–H groups in total. The first kappa shape index (κ1) is 8.50. The first-order valence-electron chi connectivity index (χ1n) is 4.42. The highest BCUT2D eigenvalue weighted by atomic mass is 16.7. The molecule has 0 unspecified atom stereocenters. The summed E-state index contributed by atoms with van der Waals surface area (Å²) in [6.45, 7) is 1.13. The average molecular weight is 184 g/mol. The molecule has 0 aromatic rings. The van der Waals surface area contributed by atoms with E-state index in [9.17, 15) is 9.59 Å². The van der Waals surface area contributed by atoms with Gasteiger partial charge in [0.15, 0.2) is 0 Å². The number of amides is 2. The minimum atomic E-state index is -0.926. The van der Waals surface area contributed by atoms with E-state index in [2.05, 4.69) is 0 Å². The molecule has 1 aliphatic carbocycles. The maximum Gasteiger partial charge on any atom is 0.261 e. The number of rotatable bonds is 2. The van der Waals surface area contributed by atoms with Crippen LogP contribution >= 0.6 is 0 Å². The van der Waals surface area contributed by atoms with Gasteiger partial charge in [-0.3, -0.25) is 14.4 Å². The quantitative estimate of drug-likeness (QED) is 0.583. The molecular formula is C8H12N2O3. The summed E-state index contributed by atoms with van der Waals surface area (Å²) >= 11 is 0. The molecule has 0 atom stereocenters. The van der Waals surface area contributed by atoms with E-state index in [4.69, 9.17) is 10.6 Å². The van der Waals surface area contributed by atoms with Crippen molar-refractivity contribution in [2.24, 2.45) is 11.1 Å². The molecule has 0 radical (unpaired) electrons. The molecule has 1 saturated carbocycles. The van der Waals surface area contributed by atoms with E-state index in [0.717, 1.165) is 6.42 Å². The van der Waals surface area contributed by atoms with Gasteiger partial charge in [0.05, 0.1) is 13.2 Å². The molecule has 0 spiro atoms. The highest BCUT2D eigenvalue weighted by molar-refractivity contribution is 6.06. The van der Waals surface area contributed by atoms with Crippen LogP contribution < -0.4 is 5.73 Å². The van der Waals surface area contributed by atoms with Crippen LogP contribution in [0, 0.1) is 5.41 Å². The smallest absolute Gasteiger partial charge is 0.261 e. The van der Waals surface area contributed by atoms with Crippen molar-refractivity contribution in [3.8, 4) is 0 Å². The van der Waals surface area contributed by atoms with Gasteiger partial charge in [-0.25, -0.2) is 5.06 Å². The number of nitrogens with two attached hydrogens (primary N) is 1. The molecule has 13 heavy (non-hydrogen) atoms. The van der Waals surface area contributed by atoms with E-state index in [0.29, 0.717) is 26.0 Å². The average Bonchev–Trinajstić information content (AvgIpc) is 2.74. The molecule has 0 aromatic heterocycles. The van der Waals surface area contributed by atoms with Crippen LogP contribution in [-0.2, 0) is 14.4 Å². The Hall–Kier alpha value is -1.10. The second-order valence-electron chi connectivity index (χ2n) is 3.54. The standard InChI is InChI=1S/C8H12N2O3/c9-6(11)8(2-3-8)7(12)10-4-1-5-13-10/h1-5H2,(H2,9,11). The molecule has 72 valence electrons. The molecule has 5 heteroatoms. The monoisotopic (exact) mass is 184 g/mol. The molecule has 1 saturated heterocycles. The highest BCUT2D eigenvalue weighted by Gasteiger charge is 2.57. The van der Waals surface area contributed by atoms with Crippen LogP contribution in [0.3, 0.4) is 0 Å². The van der Waals surface area contributed by atoms with Crippen LogP contribution in [0.1, 0.15) is 19.3 Å². The largest absolute Gasteiger partial charge is 0.369 e. The Balaban J connectivity index is 2.08. The Kier molecular flexibility index (Phi) is 1.76. The van der Waals surface area contributed by atoms with Crippen molar-refractivity contribution >= 4 is 11.8 Å². The van der Waals surface area contributed by atoms with Crippen LogP contribution in [0.15, 0.2) is 0 Å². The molecule has 0 aromatic carbocycles. The van der Waals surface area contributed by atoms with Crippen molar-refractivity contribution in [2.75, 3.05) is 13.2 Å². The fourth-order valence-electron chi connectivity index (χ4n) is 1.54. The molecule has 2 amide bonds. The van der Waals surface area contributed by atoms with Gasteiger partial charge in [-0.2, -0.15) is 0 Å². The Labute approximate surface area is 75.8 Å². The lowest BCUT2D eigenvalue weighted by molar-refractivity contribution is -0.176. The Morgan fingerprint density at radius 3 is 2.46 bits per heavy atom. The Morgan fingerprint density at radius 2 is 2.08 bits per heavy atom. The topological polar surface area (TPSA) is 72.6 Å². The number of hydrogen-bond donors (Lipinski definition) is 1. The number of carbonyl (C=O) groups is 2. The Morgan fingerprint density at radius 1 is 1.38 bits per heavy atom. The van der Waals surface area contributed by atoms with Crippen molar-refractivity contribution in [1.29, 1.82) is 0 Å². The van der Waals surface area contributed by atoms with Gasteiger partial charge in [0, 0.05) is 0 Å². The number of hydroxylamine groups is 2. The minimum absolute atomic E-state index is 0.252. The van der Waals surface area contributed by atoms with Gasteiger partial charge >= 0.3 is 0 Å². The van der Waals surface area contributed by atoms with E-state index in [-0.39, 0.29) is 5.91 Å². The summed E-state index contributed by atoms with van der Waals surface area (Å²) in [5.41, 5.74) is 4.23. The van der Waals surface area contributed by atoms with E-state index >= 15 is 0 Å².